The summed E-state index contributed by atoms with van der Waals surface area (Å²) in [6.07, 6.45) is 4.76. The van der Waals surface area contributed by atoms with Gasteiger partial charge >= 0.3 is 0 Å². The maximum atomic E-state index is 13.6. The van der Waals surface area contributed by atoms with Crippen LogP contribution in [0.4, 0.5) is 8.78 Å². The van der Waals surface area contributed by atoms with Crippen molar-refractivity contribution in [3.8, 4) is 5.82 Å². The van der Waals surface area contributed by atoms with E-state index in [0.29, 0.717) is 11.4 Å². The molecule has 124 valence electrons. The molecule has 24 heavy (non-hydrogen) atoms. The van der Waals surface area contributed by atoms with Crippen molar-refractivity contribution in [3.63, 3.8) is 0 Å². The van der Waals surface area contributed by atoms with Gasteiger partial charge in [-0.3, -0.25) is 0 Å². The molecule has 2 aromatic heterocycles. The summed E-state index contributed by atoms with van der Waals surface area (Å²) in [5, 5.41) is 4.02. The highest BCUT2D eigenvalue weighted by Crippen LogP contribution is 2.18. The van der Waals surface area contributed by atoms with Crippen LogP contribution in [0.2, 0.25) is 0 Å². The Bertz CT molecular complexity index is 939. The summed E-state index contributed by atoms with van der Waals surface area (Å²) in [7, 11) is -4.33. The van der Waals surface area contributed by atoms with E-state index >= 15 is 0 Å². The largest absolute Gasteiger partial charge is 0.246 e. The smallest absolute Gasteiger partial charge is 0.237 e. The lowest BCUT2D eigenvalue weighted by Gasteiger charge is -2.09. The van der Waals surface area contributed by atoms with E-state index in [-0.39, 0.29) is 6.54 Å². The van der Waals surface area contributed by atoms with Gasteiger partial charge in [0, 0.05) is 25.1 Å². The first-order valence-corrected chi connectivity index (χ1v) is 8.34. The molecular weight excluding hydrogens is 338 g/mol. The minimum absolute atomic E-state index is 0.146. The lowest BCUT2D eigenvalue weighted by Crippen LogP contribution is -2.25. The Morgan fingerprint density at radius 1 is 1.08 bits per heavy atom. The molecule has 0 aliphatic rings. The number of aromatic nitrogens is 3. The van der Waals surface area contributed by atoms with Gasteiger partial charge in [-0.05, 0) is 35.9 Å². The summed E-state index contributed by atoms with van der Waals surface area (Å²) in [5.74, 6) is -1.79. The number of hydrogen-bond donors (Lipinski definition) is 1. The normalized spacial score (nSPS) is 11.6. The van der Waals surface area contributed by atoms with Crippen molar-refractivity contribution in [2.24, 2.45) is 0 Å². The molecule has 9 heteroatoms. The molecule has 0 aliphatic carbocycles. The molecule has 6 nitrogen and oxygen atoms in total. The lowest BCUT2D eigenvalue weighted by molar-refractivity contribution is 0.514. The topological polar surface area (TPSA) is 76.9 Å². The van der Waals surface area contributed by atoms with Gasteiger partial charge in [-0.1, -0.05) is 6.07 Å². The Morgan fingerprint density at radius 3 is 2.50 bits per heavy atom. The van der Waals surface area contributed by atoms with Crippen molar-refractivity contribution in [1.29, 1.82) is 0 Å². The molecule has 0 aliphatic heterocycles. The quantitative estimate of drug-likeness (QED) is 0.764. The number of halogens is 2. The average molecular weight is 350 g/mol. The van der Waals surface area contributed by atoms with E-state index in [1.807, 2.05) is 0 Å². The second kappa shape index (κ2) is 6.46. The second-order valence-corrected chi connectivity index (χ2v) is 6.55. The Morgan fingerprint density at radius 2 is 1.83 bits per heavy atom. The number of pyridine rings is 1. The van der Waals surface area contributed by atoms with Crippen molar-refractivity contribution >= 4 is 10.0 Å². The van der Waals surface area contributed by atoms with E-state index in [1.54, 1.807) is 30.6 Å². The number of benzene rings is 1. The predicted octanol–water partition coefficient (Wildman–Crippen LogP) is 2.02. The standard InChI is InChI=1S/C15H12F2N4O2S/c16-12-3-1-4-13(17)15(12)24(22,23)20-10-11-5-7-18-14(9-11)21-8-2-6-19-21/h1-9,20H,10H2. The van der Waals surface area contributed by atoms with Gasteiger partial charge in [-0.2, -0.15) is 5.10 Å². The molecule has 0 unspecified atom stereocenters. The van der Waals surface area contributed by atoms with Crippen molar-refractivity contribution in [2.45, 2.75) is 11.4 Å². The van der Waals surface area contributed by atoms with Gasteiger partial charge in [-0.25, -0.2) is 31.6 Å². The Labute approximate surface area is 136 Å². The molecular formula is C15H12F2N4O2S. The molecule has 0 radical (unpaired) electrons. The molecule has 0 spiro atoms. The zero-order chi connectivity index (χ0) is 17.2. The van der Waals surface area contributed by atoms with Crippen molar-refractivity contribution in [3.05, 3.63) is 72.2 Å². The zero-order valence-corrected chi connectivity index (χ0v) is 13.0. The minimum Gasteiger partial charge on any atom is -0.237 e. The van der Waals surface area contributed by atoms with Crippen LogP contribution in [-0.4, -0.2) is 23.2 Å². The maximum Gasteiger partial charge on any atom is 0.246 e. The Kier molecular flexibility index (Phi) is 4.36. The first-order valence-electron chi connectivity index (χ1n) is 6.86. The van der Waals surface area contributed by atoms with E-state index < -0.39 is 26.6 Å². The van der Waals surface area contributed by atoms with Crippen LogP contribution in [0.1, 0.15) is 5.56 Å². The summed E-state index contributed by atoms with van der Waals surface area (Å²) in [4.78, 5) is 3.12. The highest BCUT2D eigenvalue weighted by molar-refractivity contribution is 7.89. The molecule has 0 fully saturated rings. The van der Waals surface area contributed by atoms with Gasteiger partial charge < -0.3 is 0 Å². The lowest BCUT2D eigenvalue weighted by atomic mass is 10.2. The van der Waals surface area contributed by atoms with Crippen LogP contribution in [-0.2, 0) is 16.6 Å². The number of nitrogens with zero attached hydrogens (tertiary/aromatic N) is 3. The fraction of sp³-hybridized carbons (Fsp3) is 0.0667. The van der Waals surface area contributed by atoms with Crippen LogP contribution in [0.15, 0.2) is 59.9 Å². The fourth-order valence-electron chi connectivity index (χ4n) is 2.09. The monoisotopic (exact) mass is 350 g/mol. The second-order valence-electron chi connectivity index (χ2n) is 4.85. The number of nitrogens with one attached hydrogen (secondary N) is 1. The van der Waals surface area contributed by atoms with E-state index in [9.17, 15) is 17.2 Å². The van der Waals surface area contributed by atoms with E-state index in [2.05, 4.69) is 14.8 Å². The first kappa shape index (κ1) is 16.2. The van der Waals surface area contributed by atoms with Crippen LogP contribution >= 0.6 is 0 Å². The number of rotatable bonds is 5. The van der Waals surface area contributed by atoms with E-state index in [4.69, 9.17) is 0 Å². The predicted molar refractivity (Wildman–Crippen MR) is 81.7 cm³/mol. The minimum atomic E-state index is -4.33. The molecule has 1 aromatic carbocycles. The van der Waals surface area contributed by atoms with E-state index in [0.717, 1.165) is 18.2 Å². The van der Waals surface area contributed by atoms with Crippen molar-refractivity contribution in [2.75, 3.05) is 0 Å². The molecule has 0 bridgehead atoms. The number of hydrogen-bond acceptors (Lipinski definition) is 4. The molecule has 3 rings (SSSR count). The van der Waals surface area contributed by atoms with Crippen LogP contribution in [0.25, 0.3) is 5.82 Å². The third kappa shape index (κ3) is 3.31. The van der Waals surface area contributed by atoms with Crippen molar-refractivity contribution < 1.29 is 17.2 Å². The first-order chi connectivity index (χ1) is 11.5. The summed E-state index contributed by atoms with van der Waals surface area (Å²) in [6.45, 7) is -0.146. The third-order valence-electron chi connectivity index (χ3n) is 3.20. The van der Waals surface area contributed by atoms with Gasteiger partial charge in [0.2, 0.25) is 10.0 Å². The Balaban J connectivity index is 1.82. The van der Waals surface area contributed by atoms with Gasteiger partial charge in [0.15, 0.2) is 10.7 Å². The SMILES string of the molecule is O=S(=O)(NCc1ccnc(-n2cccn2)c1)c1c(F)cccc1F. The molecule has 2 heterocycles. The van der Waals surface area contributed by atoms with Gasteiger partial charge in [-0.15, -0.1) is 0 Å². The highest BCUT2D eigenvalue weighted by Gasteiger charge is 2.23. The average Bonchev–Trinajstić information content (AvgIpc) is 3.07. The van der Waals surface area contributed by atoms with Crippen LogP contribution in [0.5, 0.6) is 0 Å². The summed E-state index contributed by atoms with van der Waals surface area (Å²) in [5.41, 5.74) is 0.566. The highest BCUT2D eigenvalue weighted by atomic mass is 32.2. The van der Waals surface area contributed by atoms with Gasteiger partial charge in [0.1, 0.15) is 11.6 Å². The van der Waals surface area contributed by atoms with Crippen LogP contribution < -0.4 is 4.72 Å². The molecule has 3 aromatic rings. The maximum absolute atomic E-state index is 13.6. The van der Waals surface area contributed by atoms with Crippen LogP contribution in [0.3, 0.4) is 0 Å². The van der Waals surface area contributed by atoms with E-state index in [1.165, 1.54) is 10.9 Å². The summed E-state index contributed by atoms with van der Waals surface area (Å²) >= 11 is 0. The summed E-state index contributed by atoms with van der Waals surface area (Å²) < 4.78 is 55.2. The van der Waals surface area contributed by atoms with Crippen LogP contribution in [0, 0.1) is 11.6 Å². The van der Waals surface area contributed by atoms with Gasteiger partial charge in [0.05, 0.1) is 0 Å². The molecule has 0 saturated carbocycles. The third-order valence-corrected chi connectivity index (χ3v) is 4.65. The molecule has 0 atom stereocenters. The zero-order valence-electron chi connectivity index (χ0n) is 12.2. The molecule has 0 saturated heterocycles. The summed E-state index contributed by atoms with van der Waals surface area (Å²) in [6, 6.07) is 7.81. The number of sulfonamides is 1. The van der Waals surface area contributed by atoms with Crippen molar-refractivity contribution in [1.82, 2.24) is 19.5 Å². The fourth-order valence-corrected chi connectivity index (χ4v) is 3.24. The molecule has 1 N–H and O–H groups in total. The van der Waals surface area contributed by atoms with Gasteiger partial charge in [0.25, 0.3) is 0 Å². The molecule has 0 amide bonds. The Hall–Kier alpha value is -2.65.